The van der Waals surface area contributed by atoms with Crippen LogP contribution in [0.1, 0.15) is 15.5 Å². The molecule has 0 amide bonds. The molecule has 5 nitrogen and oxygen atoms in total. The summed E-state index contributed by atoms with van der Waals surface area (Å²) >= 11 is 1.04. The number of carboxylic acids is 1. The van der Waals surface area contributed by atoms with Crippen molar-refractivity contribution in [1.82, 2.24) is 4.98 Å². The molecule has 58 valence electrons. The van der Waals surface area contributed by atoms with Crippen LogP contribution >= 0.6 is 11.3 Å². The Hall–Kier alpha value is -1.43. The molecule has 0 atom stereocenters. The molecule has 0 saturated heterocycles. The van der Waals surface area contributed by atoms with Gasteiger partial charge in [0.15, 0.2) is 16.5 Å². The SMILES string of the molecule is N=C(N)c1nc(C(=O)O)cs1. The standard InChI is InChI=1S/C5H5N3O2S/c6-3(7)4-8-2(1-11-4)5(9)10/h1H,(H3,6,7)(H,9,10). The van der Waals surface area contributed by atoms with Crippen molar-refractivity contribution in [2.24, 2.45) is 5.73 Å². The maximum atomic E-state index is 10.3. The molecule has 0 unspecified atom stereocenters. The summed E-state index contributed by atoms with van der Waals surface area (Å²) in [7, 11) is 0. The van der Waals surface area contributed by atoms with Crippen LogP contribution in [0.2, 0.25) is 0 Å². The van der Waals surface area contributed by atoms with E-state index in [2.05, 4.69) is 4.98 Å². The lowest BCUT2D eigenvalue weighted by molar-refractivity contribution is 0.0691. The number of carboxylic acid groups (broad SMARTS) is 1. The normalized spacial score (nSPS) is 9.45. The van der Waals surface area contributed by atoms with Crippen LogP contribution < -0.4 is 5.73 Å². The van der Waals surface area contributed by atoms with Crippen LogP contribution in [0, 0.1) is 5.41 Å². The van der Waals surface area contributed by atoms with Crippen LogP contribution in [0.25, 0.3) is 0 Å². The van der Waals surface area contributed by atoms with Gasteiger partial charge in [-0.3, -0.25) is 5.41 Å². The Labute approximate surface area is 66.0 Å². The van der Waals surface area contributed by atoms with Crippen molar-refractivity contribution in [1.29, 1.82) is 5.41 Å². The number of rotatable bonds is 2. The second-order valence-corrected chi connectivity index (χ2v) is 2.61. The molecule has 0 aliphatic heterocycles. The third-order valence-electron chi connectivity index (χ3n) is 0.954. The Morgan fingerprint density at radius 1 is 1.82 bits per heavy atom. The van der Waals surface area contributed by atoms with E-state index in [1.165, 1.54) is 5.38 Å². The molecule has 0 radical (unpaired) electrons. The molecule has 1 aromatic heterocycles. The van der Waals surface area contributed by atoms with Crippen LogP contribution in [0.15, 0.2) is 5.38 Å². The summed E-state index contributed by atoms with van der Waals surface area (Å²) in [5, 5.41) is 16.9. The third kappa shape index (κ3) is 1.53. The molecule has 0 spiro atoms. The lowest BCUT2D eigenvalue weighted by atomic mass is 10.5. The highest BCUT2D eigenvalue weighted by atomic mass is 32.1. The zero-order chi connectivity index (χ0) is 8.43. The minimum absolute atomic E-state index is 0.0693. The minimum Gasteiger partial charge on any atom is -0.476 e. The zero-order valence-corrected chi connectivity index (χ0v) is 6.18. The fraction of sp³-hybridized carbons (Fsp3) is 0. The minimum atomic E-state index is -1.10. The molecule has 0 aliphatic rings. The number of hydrogen-bond donors (Lipinski definition) is 3. The molecule has 1 aromatic rings. The molecule has 4 N–H and O–H groups in total. The van der Waals surface area contributed by atoms with E-state index in [1.54, 1.807) is 0 Å². The highest BCUT2D eigenvalue weighted by Crippen LogP contribution is 2.08. The summed E-state index contributed by atoms with van der Waals surface area (Å²) in [4.78, 5) is 13.8. The molecule has 0 saturated carbocycles. The lowest BCUT2D eigenvalue weighted by Gasteiger charge is -1.85. The van der Waals surface area contributed by atoms with E-state index in [-0.39, 0.29) is 16.5 Å². The average Bonchev–Trinajstić information content (AvgIpc) is 2.33. The van der Waals surface area contributed by atoms with E-state index in [0.29, 0.717) is 0 Å². The van der Waals surface area contributed by atoms with Crippen molar-refractivity contribution in [3.05, 3.63) is 16.1 Å². The van der Waals surface area contributed by atoms with Gasteiger partial charge in [-0.25, -0.2) is 9.78 Å². The molecule has 11 heavy (non-hydrogen) atoms. The summed E-state index contributed by atoms with van der Waals surface area (Å²) in [6, 6.07) is 0. The first-order valence-electron chi connectivity index (χ1n) is 2.64. The van der Waals surface area contributed by atoms with Crippen molar-refractivity contribution < 1.29 is 9.90 Å². The van der Waals surface area contributed by atoms with Gasteiger partial charge in [-0.05, 0) is 0 Å². The quantitative estimate of drug-likeness (QED) is 0.434. The third-order valence-corrected chi connectivity index (χ3v) is 1.83. The van der Waals surface area contributed by atoms with E-state index < -0.39 is 5.97 Å². The molecule has 1 heterocycles. The smallest absolute Gasteiger partial charge is 0.355 e. The van der Waals surface area contributed by atoms with Gasteiger partial charge in [-0.2, -0.15) is 0 Å². The molecule has 0 bridgehead atoms. The van der Waals surface area contributed by atoms with Gasteiger partial charge < -0.3 is 10.8 Å². The van der Waals surface area contributed by atoms with Gasteiger partial charge in [0.05, 0.1) is 0 Å². The van der Waals surface area contributed by atoms with Crippen molar-refractivity contribution in [2.45, 2.75) is 0 Å². The maximum Gasteiger partial charge on any atom is 0.355 e. The van der Waals surface area contributed by atoms with Crippen LogP contribution in [-0.4, -0.2) is 21.9 Å². The largest absolute Gasteiger partial charge is 0.476 e. The van der Waals surface area contributed by atoms with Crippen LogP contribution in [0.3, 0.4) is 0 Å². The second kappa shape index (κ2) is 2.67. The number of thiazole rings is 1. The summed E-state index contributed by atoms with van der Waals surface area (Å²) in [5.41, 5.74) is 5.00. The topological polar surface area (TPSA) is 100 Å². The maximum absolute atomic E-state index is 10.3. The number of nitrogens with zero attached hydrogens (tertiary/aromatic N) is 1. The van der Waals surface area contributed by atoms with Gasteiger partial charge in [0.1, 0.15) is 0 Å². The Morgan fingerprint density at radius 3 is 2.73 bits per heavy atom. The van der Waals surface area contributed by atoms with E-state index in [0.717, 1.165) is 11.3 Å². The van der Waals surface area contributed by atoms with Crippen LogP contribution in [0.5, 0.6) is 0 Å². The fourth-order valence-corrected chi connectivity index (χ4v) is 1.15. The van der Waals surface area contributed by atoms with E-state index in [4.69, 9.17) is 16.2 Å². The highest BCUT2D eigenvalue weighted by Gasteiger charge is 2.09. The van der Waals surface area contributed by atoms with E-state index in [9.17, 15) is 4.79 Å². The number of aromatic carboxylic acids is 1. The van der Waals surface area contributed by atoms with E-state index >= 15 is 0 Å². The predicted octanol–water partition coefficient (Wildman–Crippen LogP) is 0.125. The Morgan fingerprint density at radius 2 is 2.45 bits per heavy atom. The second-order valence-electron chi connectivity index (χ2n) is 1.76. The van der Waals surface area contributed by atoms with Crippen molar-refractivity contribution in [2.75, 3.05) is 0 Å². The number of nitrogen functional groups attached to an aromatic ring is 1. The summed E-state index contributed by atoms with van der Waals surface area (Å²) in [6.45, 7) is 0. The van der Waals surface area contributed by atoms with Crippen molar-refractivity contribution in [3.63, 3.8) is 0 Å². The number of nitrogens with two attached hydrogens (primary N) is 1. The van der Waals surface area contributed by atoms with Crippen molar-refractivity contribution in [3.8, 4) is 0 Å². The lowest BCUT2D eigenvalue weighted by Crippen LogP contribution is -2.11. The van der Waals surface area contributed by atoms with Gasteiger partial charge in [0, 0.05) is 5.38 Å². The van der Waals surface area contributed by atoms with E-state index in [1.807, 2.05) is 0 Å². The molecule has 6 heteroatoms. The molecule has 0 aliphatic carbocycles. The summed E-state index contributed by atoms with van der Waals surface area (Å²) in [5.74, 6) is -1.31. The Kier molecular flexibility index (Phi) is 1.86. The average molecular weight is 171 g/mol. The first-order chi connectivity index (χ1) is 5.11. The predicted molar refractivity (Wildman–Crippen MR) is 40.1 cm³/mol. The molecule has 0 fully saturated rings. The van der Waals surface area contributed by atoms with Crippen LogP contribution in [0.4, 0.5) is 0 Å². The summed E-state index contributed by atoms with van der Waals surface area (Å²) in [6.07, 6.45) is 0. The number of hydrogen-bond acceptors (Lipinski definition) is 4. The molecule has 1 rings (SSSR count). The number of carbonyl (C=O) groups is 1. The van der Waals surface area contributed by atoms with Gasteiger partial charge >= 0.3 is 5.97 Å². The Balaban J connectivity index is 2.99. The first-order valence-corrected chi connectivity index (χ1v) is 3.52. The molecule has 0 aromatic carbocycles. The fourth-order valence-electron chi connectivity index (χ4n) is 0.496. The van der Waals surface area contributed by atoms with Crippen molar-refractivity contribution >= 4 is 23.1 Å². The molecular weight excluding hydrogens is 166 g/mol. The zero-order valence-electron chi connectivity index (χ0n) is 5.37. The van der Waals surface area contributed by atoms with Gasteiger partial charge in [-0.1, -0.05) is 0 Å². The highest BCUT2D eigenvalue weighted by molar-refractivity contribution is 7.11. The van der Waals surface area contributed by atoms with Gasteiger partial charge in [0.2, 0.25) is 0 Å². The number of aromatic nitrogens is 1. The monoisotopic (exact) mass is 171 g/mol. The van der Waals surface area contributed by atoms with Gasteiger partial charge in [-0.15, -0.1) is 11.3 Å². The summed E-state index contributed by atoms with van der Waals surface area (Å²) < 4.78 is 0. The number of nitrogens with one attached hydrogen (secondary N) is 1. The first kappa shape index (κ1) is 7.67. The Bertz CT molecular complexity index is 278. The van der Waals surface area contributed by atoms with Crippen LogP contribution in [-0.2, 0) is 0 Å². The van der Waals surface area contributed by atoms with Gasteiger partial charge in [0.25, 0.3) is 0 Å². The molecular formula is C5H5N3O2S. The number of amidine groups is 1.